The average molecular weight is 252 g/mol. The number of thiophene rings is 1. The Bertz CT molecular complexity index is 382. The zero-order valence-corrected chi connectivity index (χ0v) is 11.5. The highest BCUT2D eigenvalue weighted by Crippen LogP contribution is 2.31. The molecule has 0 bridgehead atoms. The molecule has 0 atom stereocenters. The number of rotatable bonds is 5. The lowest BCUT2D eigenvalue weighted by Gasteiger charge is -2.31. The van der Waals surface area contributed by atoms with Gasteiger partial charge in [-0.25, -0.2) is 0 Å². The molecule has 0 saturated heterocycles. The van der Waals surface area contributed by atoms with E-state index in [-0.39, 0.29) is 5.91 Å². The van der Waals surface area contributed by atoms with Gasteiger partial charge in [0.25, 0.3) is 0 Å². The van der Waals surface area contributed by atoms with Crippen molar-refractivity contribution in [3.63, 3.8) is 0 Å². The average Bonchev–Trinajstić information content (AvgIpc) is 3.03. The molecule has 2 rings (SSSR count). The Kier molecular flexibility index (Phi) is 3.54. The van der Waals surface area contributed by atoms with Crippen LogP contribution >= 0.6 is 11.3 Å². The molecule has 1 saturated carbocycles. The monoisotopic (exact) mass is 252 g/mol. The van der Waals surface area contributed by atoms with Crippen LogP contribution in [0.25, 0.3) is 0 Å². The maximum atomic E-state index is 12.5. The molecule has 1 aliphatic carbocycles. The molecular formula is C13H20N2OS. The van der Waals surface area contributed by atoms with Crippen LogP contribution in [0.2, 0.25) is 0 Å². The van der Waals surface area contributed by atoms with Crippen LogP contribution in [0, 0.1) is 0 Å². The van der Waals surface area contributed by atoms with Crippen LogP contribution < -0.4 is 5.32 Å². The molecule has 1 aromatic rings. The van der Waals surface area contributed by atoms with E-state index < -0.39 is 5.54 Å². The van der Waals surface area contributed by atoms with E-state index in [1.165, 1.54) is 4.88 Å². The van der Waals surface area contributed by atoms with Crippen LogP contribution in [0.3, 0.4) is 0 Å². The van der Waals surface area contributed by atoms with Crippen LogP contribution in [0.5, 0.6) is 0 Å². The van der Waals surface area contributed by atoms with E-state index in [9.17, 15) is 4.79 Å². The number of carbonyl (C=O) groups is 1. The van der Waals surface area contributed by atoms with Crippen molar-refractivity contribution in [2.75, 3.05) is 7.05 Å². The smallest absolute Gasteiger partial charge is 0.242 e. The Morgan fingerprint density at radius 1 is 1.59 bits per heavy atom. The van der Waals surface area contributed by atoms with E-state index in [4.69, 9.17) is 0 Å². The van der Waals surface area contributed by atoms with Gasteiger partial charge in [0, 0.05) is 10.9 Å². The summed E-state index contributed by atoms with van der Waals surface area (Å²) in [6, 6.07) is 4.59. The summed E-state index contributed by atoms with van der Waals surface area (Å²) in [7, 11) is 1.84. The summed E-state index contributed by atoms with van der Waals surface area (Å²) >= 11 is 1.72. The molecule has 94 valence electrons. The van der Waals surface area contributed by atoms with Crippen LogP contribution in [0.4, 0.5) is 0 Å². The van der Waals surface area contributed by atoms with E-state index in [2.05, 4.69) is 16.8 Å². The number of nitrogens with one attached hydrogen (secondary N) is 1. The molecule has 0 aromatic carbocycles. The summed E-state index contributed by atoms with van der Waals surface area (Å²) < 4.78 is 0. The normalized spacial score (nSPS) is 15.9. The van der Waals surface area contributed by atoms with Gasteiger partial charge in [-0.2, -0.15) is 0 Å². The molecule has 1 N–H and O–H groups in total. The van der Waals surface area contributed by atoms with Gasteiger partial charge in [0.1, 0.15) is 0 Å². The van der Waals surface area contributed by atoms with Gasteiger partial charge < -0.3 is 10.2 Å². The van der Waals surface area contributed by atoms with E-state index in [0.717, 1.165) is 19.4 Å². The zero-order valence-electron chi connectivity index (χ0n) is 10.7. The van der Waals surface area contributed by atoms with Crippen molar-refractivity contribution in [1.29, 1.82) is 0 Å². The lowest BCUT2D eigenvalue weighted by molar-refractivity contribution is -0.138. The third kappa shape index (κ3) is 2.87. The summed E-state index contributed by atoms with van der Waals surface area (Å²) in [5.74, 6) is 0.205. The van der Waals surface area contributed by atoms with Crippen LogP contribution in [-0.4, -0.2) is 29.4 Å². The van der Waals surface area contributed by atoms with Gasteiger partial charge in [-0.1, -0.05) is 6.07 Å². The molecule has 1 aliphatic rings. The number of hydrogen-bond donors (Lipinski definition) is 1. The molecular weight excluding hydrogens is 232 g/mol. The van der Waals surface area contributed by atoms with Crippen molar-refractivity contribution in [1.82, 2.24) is 10.2 Å². The molecule has 1 aromatic heterocycles. The van der Waals surface area contributed by atoms with Crippen molar-refractivity contribution in [3.05, 3.63) is 22.4 Å². The second-order valence-electron chi connectivity index (χ2n) is 5.12. The van der Waals surface area contributed by atoms with Gasteiger partial charge in [0.15, 0.2) is 0 Å². The zero-order chi connectivity index (χ0) is 12.5. The summed E-state index contributed by atoms with van der Waals surface area (Å²) in [4.78, 5) is 15.8. The fourth-order valence-corrected chi connectivity index (χ4v) is 2.49. The van der Waals surface area contributed by atoms with Crippen molar-refractivity contribution in [3.8, 4) is 0 Å². The summed E-state index contributed by atoms with van der Waals surface area (Å²) in [5, 5.41) is 5.16. The molecule has 0 unspecified atom stereocenters. The largest absolute Gasteiger partial charge is 0.333 e. The standard InChI is InChI=1S/C13H20N2OS/c1-13(2,14-3)12(16)15(10-6-7-10)9-11-5-4-8-17-11/h4-5,8,10,14H,6-7,9H2,1-3H3. The van der Waals surface area contributed by atoms with Crippen LogP contribution in [0.15, 0.2) is 17.5 Å². The van der Waals surface area contributed by atoms with Crippen molar-refractivity contribution in [2.24, 2.45) is 0 Å². The number of carbonyl (C=O) groups excluding carboxylic acids is 1. The van der Waals surface area contributed by atoms with E-state index in [1.54, 1.807) is 11.3 Å². The van der Waals surface area contributed by atoms with Gasteiger partial charge in [0.05, 0.1) is 12.1 Å². The van der Waals surface area contributed by atoms with Crippen molar-refractivity contribution < 1.29 is 4.79 Å². The first-order chi connectivity index (χ1) is 8.04. The maximum absolute atomic E-state index is 12.5. The number of likely N-dealkylation sites (N-methyl/N-ethyl adjacent to an activating group) is 1. The minimum absolute atomic E-state index is 0.205. The molecule has 0 spiro atoms. The fourth-order valence-electron chi connectivity index (χ4n) is 1.79. The van der Waals surface area contributed by atoms with Crippen LogP contribution in [-0.2, 0) is 11.3 Å². The van der Waals surface area contributed by atoms with Crippen molar-refractivity contribution >= 4 is 17.2 Å². The highest BCUT2D eigenvalue weighted by atomic mass is 32.1. The van der Waals surface area contributed by atoms with Crippen molar-refractivity contribution in [2.45, 2.75) is 44.8 Å². The van der Waals surface area contributed by atoms with E-state index in [1.807, 2.05) is 31.9 Å². The second-order valence-corrected chi connectivity index (χ2v) is 6.15. The highest BCUT2D eigenvalue weighted by Gasteiger charge is 2.38. The quantitative estimate of drug-likeness (QED) is 0.871. The predicted octanol–water partition coefficient (Wildman–Crippen LogP) is 2.24. The number of hydrogen-bond acceptors (Lipinski definition) is 3. The molecule has 4 heteroatoms. The van der Waals surface area contributed by atoms with Gasteiger partial charge in [-0.3, -0.25) is 4.79 Å². The number of nitrogens with zero attached hydrogens (tertiary/aromatic N) is 1. The van der Waals surface area contributed by atoms with Gasteiger partial charge >= 0.3 is 0 Å². The topological polar surface area (TPSA) is 32.3 Å². The SMILES string of the molecule is CNC(C)(C)C(=O)N(Cc1cccs1)C1CC1. The van der Waals surface area contributed by atoms with Gasteiger partial charge in [-0.15, -0.1) is 11.3 Å². The third-order valence-corrected chi connectivity index (χ3v) is 4.18. The second kappa shape index (κ2) is 4.78. The Labute approximate surface area is 107 Å². The highest BCUT2D eigenvalue weighted by molar-refractivity contribution is 7.09. The molecule has 0 aliphatic heterocycles. The Morgan fingerprint density at radius 2 is 2.29 bits per heavy atom. The van der Waals surface area contributed by atoms with E-state index in [0.29, 0.717) is 6.04 Å². The van der Waals surface area contributed by atoms with Crippen LogP contribution in [0.1, 0.15) is 31.6 Å². The first-order valence-electron chi connectivity index (χ1n) is 6.07. The number of amides is 1. The first kappa shape index (κ1) is 12.6. The maximum Gasteiger partial charge on any atom is 0.242 e. The predicted molar refractivity (Wildman–Crippen MR) is 71.0 cm³/mol. The molecule has 1 fully saturated rings. The molecule has 1 heterocycles. The van der Waals surface area contributed by atoms with Gasteiger partial charge in [-0.05, 0) is 45.2 Å². The first-order valence-corrected chi connectivity index (χ1v) is 6.95. The molecule has 3 nitrogen and oxygen atoms in total. The fraction of sp³-hybridized carbons (Fsp3) is 0.615. The minimum Gasteiger partial charge on any atom is -0.333 e. The molecule has 0 radical (unpaired) electrons. The summed E-state index contributed by atoms with van der Waals surface area (Å²) in [6.07, 6.45) is 2.30. The third-order valence-electron chi connectivity index (χ3n) is 3.31. The Morgan fingerprint density at radius 3 is 2.76 bits per heavy atom. The van der Waals surface area contributed by atoms with E-state index >= 15 is 0 Å². The Hall–Kier alpha value is -0.870. The lowest BCUT2D eigenvalue weighted by atomic mass is 10.0. The molecule has 17 heavy (non-hydrogen) atoms. The van der Waals surface area contributed by atoms with Gasteiger partial charge in [0.2, 0.25) is 5.91 Å². The summed E-state index contributed by atoms with van der Waals surface area (Å²) in [6.45, 7) is 4.64. The lowest BCUT2D eigenvalue weighted by Crippen LogP contribution is -2.53. The summed E-state index contributed by atoms with van der Waals surface area (Å²) in [5.41, 5.74) is -0.472. The Balaban J connectivity index is 2.10. The molecule has 1 amide bonds. The minimum atomic E-state index is -0.472.